The largest absolute Gasteiger partial charge is 0.288 e. The van der Waals surface area contributed by atoms with Crippen molar-refractivity contribution in [1.29, 1.82) is 0 Å². The molecule has 2 rings (SSSR count). The molecule has 0 saturated carbocycles. The van der Waals surface area contributed by atoms with Gasteiger partial charge in [-0.3, -0.25) is 14.8 Å². The molecule has 0 unspecified atom stereocenters. The highest BCUT2D eigenvalue weighted by Crippen LogP contribution is 2.04. The number of aromatic nitrogens is 3. The number of hydrazine groups is 1. The van der Waals surface area contributed by atoms with Crippen molar-refractivity contribution in [2.45, 2.75) is 6.42 Å². The molecule has 2 N–H and O–H groups in total. The van der Waals surface area contributed by atoms with Crippen molar-refractivity contribution < 1.29 is 5.03 Å². The molecule has 0 saturated heterocycles. The number of rotatable bonds is 4. The highest BCUT2D eigenvalue weighted by molar-refractivity contribution is 5.25. The minimum atomic E-state index is -0.791. The van der Waals surface area contributed by atoms with Gasteiger partial charge in [-0.1, -0.05) is 5.43 Å². The van der Waals surface area contributed by atoms with Crippen LogP contribution in [0.2, 0.25) is 0 Å². The van der Waals surface area contributed by atoms with Gasteiger partial charge in [-0.2, -0.15) is 0 Å². The minimum absolute atomic E-state index is 0.191. The third-order valence-electron chi connectivity index (χ3n) is 2.21. The molecule has 18 heavy (non-hydrogen) atoms. The number of hydrogen-bond acceptors (Lipinski definition) is 5. The highest BCUT2D eigenvalue weighted by Gasteiger charge is 2.06. The van der Waals surface area contributed by atoms with Crippen LogP contribution in [0.25, 0.3) is 0 Å². The maximum Gasteiger partial charge on any atom is 0.265 e. The van der Waals surface area contributed by atoms with E-state index in [1.54, 1.807) is 30.0 Å². The molecule has 92 valence electrons. The SMILES string of the molecule is O=c1[nH]c(N[N+](=O)[O-])ncc1Cc1ccncc1. The number of anilines is 1. The average Bonchev–Trinajstić information content (AvgIpc) is 2.33. The molecule has 0 amide bonds. The van der Waals surface area contributed by atoms with Gasteiger partial charge in [0.05, 0.1) is 0 Å². The molecule has 0 aliphatic heterocycles. The number of H-pyrrole nitrogens is 1. The summed E-state index contributed by atoms with van der Waals surface area (Å²) in [4.78, 5) is 31.7. The van der Waals surface area contributed by atoms with Gasteiger partial charge < -0.3 is 0 Å². The van der Waals surface area contributed by atoms with Gasteiger partial charge in [0.25, 0.3) is 11.5 Å². The second-order valence-electron chi connectivity index (χ2n) is 3.49. The van der Waals surface area contributed by atoms with Gasteiger partial charge in [0, 0.05) is 30.6 Å². The number of nitrogens with zero attached hydrogens (tertiary/aromatic N) is 3. The van der Waals surface area contributed by atoms with Crippen LogP contribution >= 0.6 is 0 Å². The lowest BCUT2D eigenvalue weighted by atomic mass is 10.1. The zero-order valence-corrected chi connectivity index (χ0v) is 9.16. The summed E-state index contributed by atoms with van der Waals surface area (Å²) >= 11 is 0. The zero-order chi connectivity index (χ0) is 13.0. The molecule has 2 aromatic heterocycles. The molecule has 0 atom stereocenters. The normalized spacial score (nSPS) is 10.0. The Hall–Kier alpha value is -2.77. The predicted molar refractivity (Wildman–Crippen MR) is 62.5 cm³/mol. The summed E-state index contributed by atoms with van der Waals surface area (Å²) < 4.78 is 0. The Labute approximate surface area is 101 Å². The Balaban J connectivity index is 2.20. The van der Waals surface area contributed by atoms with E-state index in [9.17, 15) is 14.9 Å². The zero-order valence-electron chi connectivity index (χ0n) is 9.16. The van der Waals surface area contributed by atoms with Crippen LogP contribution in [0.1, 0.15) is 11.1 Å². The highest BCUT2D eigenvalue weighted by atomic mass is 16.7. The minimum Gasteiger partial charge on any atom is -0.288 e. The van der Waals surface area contributed by atoms with Gasteiger partial charge >= 0.3 is 0 Å². The van der Waals surface area contributed by atoms with E-state index in [-0.39, 0.29) is 5.95 Å². The standard InChI is InChI=1S/C10H9N5O3/c16-9-8(5-7-1-3-11-4-2-7)6-12-10(13-9)14-15(17)18/h1-4,6H,5H2,(H2,12,13,14,16). The van der Waals surface area contributed by atoms with Gasteiger partial charge in [-0.25, -0.2) is 15.1 Å². The Morgan fingerprint density at radius 3 is 2.72 bits per heavy atom. The molecule has 0 fully saturated rings. The average molecular weight is 247 g/mol. The van der Waals surface area contributed by atoms with Crippen LogP contribution in [0.15, 0.2) is 35.5 Å². The van der Waals surface area contributed by atoms with E-state index in [4.69, 9.17) is 0 Å². The lowest BCUT2D eigenvalue weighted by Crippen LogP contribution is -2.19. The third-order valence-corrected chi connectivity index (χ3v) is 2.21. The molecular weight excluding hydrogens is 238 g/mol. The fourth-order valence-electron chi connectivity index (χ4n) is 1.41. The molecular formula is C10H9N5O3. The first-order valence-corrected chi connectivity index (χ1v) is 5.03. The van der Waals surface area contributed by atoms with Crippen LogP contribution in [0.3, 0.4) is 0 Å². The van der Waals surface area contributed by atoms with E-state index in [1.807, 2.05) is 0 Å². The van der Waals surface area contributed by atoms with Crippen molar-refractivity contribution in [3.8, 4) is 0 Å². The fourth-order valence-corrected chi connectivity index (χ4v) is 1.41. The van der Waals surface area contributed by atoms with E-state index < -0.39 is 10.6 Å². The molecule has 0 spiro atoms. The lowest BCUT2D eigenvalue weighted by Gasteiger charge is -2.01. The Morgan fingerprint density at radius 1 is 1.39 bits per heavy atom. The smallest absolute Gasteiger partial charge is 0.265 e. The number of pyridine rings is 1. The summed E-state index contributed by atoms with van der Waals surface area (Å²) in [6.07, 6.45) is 4.95. The lowest BCUT2D eigenvalue weighted by molar-refractivity contribution is -0.446. The number of hydrogen-bond donors (Lipinski definition) is 2. The molecule has 0 aliphatic rings. The quantitative estimate of drug-likeness (QED) is 0.595. The summed E-state index contributed by atoms with van der Waals surface area (Å²) in [7, 11) is 0. The van der Waals surface area contributed by atoms with Crippen molar-refractivity contribution in [1.82, 2.24) is 15.0 Å². The molecule has 0 bridgehead atoms. The molecule has 2 aromatic rings. The van der Waals surface area contributed by atoms with E-state index in [0.29, 0.717) is 12.0 Å². The summed E-state index contributed by atoms with van der Waals surface area (Å²) in [5, 5.41) is 9.39. The van der Waals surface area contributed by atoms with Gasteiger partial charge in [0.2, 0.25) is 0 Å². The summed E-state index contributed by atoms with van der Waals surface area (Å²) in [5.74, 6) is -0.191. The maximum atomic E-state index is 11.7. The Morgan fingerprint density at radius 2 is 2.11 bits per heavy atom. The molecule has 0 aromatic carbocycles. The van der Waals surface area contributed by atoms with Gasteiger partial charge in [0.15, 0.2) is 5.03 Å². The second-order valence-corrected chi connectivity index (χ2v) is 3.49. The van der Waals surface area contributed by atoms with E-state index in [0.717, 1.165) is 5.56 Å². The van der Waals surface area contributed by atoms with Crippen LogP contribution in [0, 0.1) is 10.1 Å². The predicted octanol–water partition coefficient (Wildman–Crippen LogP) is 0.359. The topological polar surface area (TPSA) is 114 Å². The first-order valence-electron chi connectivity index (χ1n) is 5.03. The maximum absolute atomic E-state index is 11.7. The molecule has 0 radical (unpaired) electrons. The van der Waals surface area contributed by atoms with E-state index >= 15 is 0 Å². The summed E-state index contributed by atoms with van der Waals surface area (Å²) in [6, 6.07) is 3.56. The third kappa shape index (κ3) is 2.88. The van der Waals surface area contributed by atoms with Crippen LogP contribution in [-0.2, 0) is 6.42 Å². The molecule has 8 heteroatoms. The second kappa shape index (κ2) is 5.04. The van der Waals surface area contributed by atoms with Crippen LogP contribution in [-0.4, -0.2) is 20.0 Å². The van der Waals surface area contributed by atoms with Crippen LogP contribution in [0.4, 0.5) is 5.95 Å². The number of nitrogens with one attached hydrogen (secondary N) is 2. The Bertz CT molecular complexity index is 610. The van der Waals surface area contributed by atoms with Gasteiger partial charge in [-0.15, -0.1) is 0 Å². The van der Waals surface area contributed by atoms with Crippen LogP contribution < -0.4 is 11.0 Å². The van der Waals surface area contributed by atoms with Crippen LogP contribution in [0.5, 0.6) is 0 Å². The van der Waals surface area contributed by atoms with Crippen molar-refractivity contribution in [3.63, 3.8) is 0 Å². The van der Waals surface area contributed by atoms with E-state index in [2.05, 4.69) is 15.0 Å². The summed E-state index contributed by atoms with van der Waals surface area (Å²) in [6.45, 7) is 0. The van der Waals surface area contributed by atoms with Crippen molar-refractivity contribution in [2.75, 3.05) is 5.43 Å². The fraction of sp³-hybridized carbons (Fsp3) is 0.100. The molecule has 8 nitrogen and oxygen atoms in total. The first-order chi connectivity index (χ1) is 8.65. The molecule has 2 heterocycles. The monoisotopic (exact) mass is 247 g/mol. The molecule has 0 aliphatic carbocycles. The Kier molecular flexibility index (Phi) is 3.28. The number of aromatic amines is 1. The van der Waals surface area contributed by atoms with Gasteiger partial charge in [-0.05, 0) is 17.7 Å². The van der Waals surface area contributed by atoms with Gasteiger partial charge in [0.1, 0.15) is 0 Å². The van der Waals surface area contributed by atoms with Crippen molar-refractivity contribution >= 4 is 5.95 Å². The van der Waals surface area contributed by atoms with Crippen molar-refractivity contribution in [3.05, 3.63) is 62.3 Å². The summed E-state index contributed by atoms with van der Waals surface area (Å²) in [5.41, 5.74) is 2.71. The number of nitro groups is 1. The van der Waals surface area contributed by atoms with Crippen molar-refractivity contribution in [2.24, 2.45) is 0 Å². The first kappa shape index (κ1) is 11.7. The van der Waals surface area contributed by atoms with E-state index in [1.165, 1.54) is 6.20 Å².